The Balaban J connectivity index is 3.32. The van der Waals surface area contributed by atoms with Crippen molar-refractivity contribution >= 4 is 0 Å². The summed E-state index contributed by atoms with van der Waals surface area (Å²) in [6, 6.07) is 0. The van der Waals surface area contributed by atoms with Gasteiger partial charge in [0.1, 0.15) is 0 Å². The van der Waals surface area contributed by atoms with Crippen LogP contribution in [0.4, 0.5) is 0 Å². The number of ether oxygens (including phenoxy) is 2. The molecule has 1 unspecified atom stereocenters. The second-order valence-corrected chi connectivity index (χ2v) is 12.9. The molecular formula is C40H78O2. The number of hydrogen-bond donors (Lipinski definition) is 0. The van der Waals surface area contributed by atoms with Crippen LogP contribution in [0.25, 0.3) is 0 Å². The van der Waals surface area contributed by atoms with E-state index in [1.807, 2.05) is 0 Å². The average Bonchev–Trinajstić information content (AvgIpc) is 3.00. The van der Waals surface area contributed by atoms with E-state index in [1.54, 1.807) is 0 Å². The van der Waals surface area contributed by atoms with Crippen LogP contribution >= 0.6 is 0 Å². The van der Waals surface area contributed by atoms with Gasteiger partial charge in [-0.25, -0.2) is 0 Å². The summed E-state index contributed by atoms with van der Waals surface area (Å²) in [6.07, 6.45) is 48.9. The number of hydrogen-bond acceptors (Lipinski definition) is 2. The van der Waals surface area contributed by atoms with E-state index in [9.17, 15) is 0 Å². The summed E-state index contributed by atoms with van der Waals surface area (Å²) in [5.74, 6) is 0. The van der Waals surface area contributed by atoms with E-state index < -0.39 is 0 Å². The predicted octanol–water partition coefficient (Wildman–Crippen LogP) is 13.9. The van der Waals surface area contributed by atoms with Gasteiger partial charge in [0.25, 0.3) is 0 Å². The summed E-state index contributed by atoms with van der Waals surface area (Å²) < 4.78 is 12.1. The fourth-order valence-electron chi connectivity index (χ4n) is 5.55. The van der Waals surface area contributed by atoms with Crippen LogP contribution in [0.15, 0.2) is 24.3 Å². The van der Waals surface area contributed by atoms with E-state index >= 15 is 0 Å². The first kappa shape index (κ1) is 41.4. The fourth-order valence-corrected chi connectivity index (χ4v) is 5.55. The highest BCUT2D eigenvalue weighted by Gasteiger charge is 2.06. The molecule has 0 aromatic rings. The fraction of sp³-hybridized carbons (Fsp3) is 0.900. The molecule has 0 rings (SSSR count). The highest BCUT2D eigenvalue weighted by Crippen LogP contribution is 2.12. The molecule has 42 heavy (non-hydrogen) atoms. The van der Waals surface area contributed by atoms with Crippen molar-refractivity contribution in [3.05, 3.63) is 24.3 Å². The Morgan fingerprint density at radius 2 is 0.714 bits per heavy atom. The minimum Gasteiger partial charge on any atom is -0.379 e. The smallest absolute Gasteiger partial charge is 0.0805 e. The Morgan fingerprint density at radius 3 is 1.10 bits per heavy atom. The molecule has 0 radical (unpaired) electrons. The summed E-state index contributed by atoms with van der Waals surface area (Å²) in [4.78, 5) is 0. The van der Waals surface area contributed by atoms with E-state index in [4.69, 9.17) is 9.47 Å². The lowest BCUT2D eigenvalue weighted by atomic mass is 10.1. The summed E-state index contributed by atoms with van der Waals surface area (Å²) in [5, 5.41) is 0. The molecule has 0 spiro atoms. The van der Waals surface area contributed by atoms with Gasteiger partial charge in [-0.1, -0.05) is 161 Å². The summed E-state index contributed by atoms with van der Waals surface area (Å²) in [6.45, 7) is 9.37. The van der Waals surface area contributed by atoms with Crippen molar-refractivity contribution in [1.82, 2.24) is 0 Å². The van der Waals surface area contributed by atoms with E-state index in [0.29, 0.717) is 0 Å². The molecule has 0 saturated heterocycles. The highest BCUT2D eigenvalue weighted by atomic mass is 16.5. The van der Waals surface area contributed by atoms with Gasteiger partial charge in [-0.15, -0.1) is 0 Å². The Labute approximate surface area is 266 Å². The van der Waals surface area contributed by atoms with E-state index in [1.165, 1.54) is 180 Å². The van der Waals surface area contributed by atoms with Gasteiger partial charge >= 0.3 is 0 Å². The minimum absolute atomic E-state index is 0.280. The highest BCUT2D eigenvalue weighted by molar-refractivity contribution is 4.82. The van der Waals surface area contributed by atoms with Gasteiger partial charge in [-0.3, -0.25) is 0 Å². The molecule has 0 heterocycles. The van der Waals surface area contributed by atoms with Crippen LogP contribution in [0.3, 0.4) is 0 Å². The molecule has 0 amide bonds. The quantitative estimate of drug-likeness (QED) is 0.0533. The molecule has 2 heteroatoms. The van der Waals surface area contributed by atoms with Crippen molar-refractivity contribution in [3.8, 4) is 0 Å². The number of unbranched alkanes of at least 4 members (excludes halogenated alkanes) is 24. The van der Waals surface area contributed by atoms with Crippen molar-refractivity contribution in [2.75, 3.05) is 19.8 Å². The maximum atomic E-state index is 6.10. The van der Waals surface area contributed by atoms with Gasteiger partial charge in [0, 0.05) is 13.2 Å². The second kappa shape index (κ2) is 38.4. The van der Waals surface area contributed by atoms with Gasteiger partial charge in [0.2, 0.25) is 0 Å². The molecule has 1 atom stereocenters. The molecule has 0 aromatic heterocycles. The third-order valence-electron chi connectivity index (χ3n) is 8.57. The second-order valence-electron chi connectivity index (χ2n) is 12.9. The average molecular weight is 591 g/mol. The molecule has 0 bridgehead atoms. The SMILES string of the molecule is CCCCCCCC/C=C/CCCCCCCCOCC(CC)OCCCCCCCC/C=C/CCCCCCCC. The van der Waals surface area contributed by atoms with Crippen molar-refractivity contribution in [2.24, 2.45) is 0 Å². The van der Waals surface area contributed by atoms with Crippen LogP contribution in [-0.4, -0.2) is 25.9 Å². The topological polar surface area (TPSA) is 18.5 Å². The molecule has 0 aromatic carbocycles. The van der Waals surface area contributed by atoms with Gasteiger partial charge in [-0.2, -0.15) is 0 Å². The van der Waals surface area contributed by atoms with Crippen LogP contribution in [0.1, 0.15) is 207 Å². The standard InChI is InChI=1S/C40H78O2/c1-4-7-9-11-13-15-17-19-21-23-25-27-29-31-33-35-37-41-39-40(6-3)42-38-36-34-32-30-28-26-24-22-20-18-16-14-12-10-8-5-2/h19-22,40H,4-18,23-39H2,1-3H3/b21-19+,22-20+. The predicted molar refractivity (Wildman–Crippen MR) is 190 cm³/mol. The molecule has 0 aliphatic carbocycles. The third-order valence-corrected chi connectivity index (χ3v) is 8.57. The normalized spacial score (nSPS) is 12.7. The Morgan fingerprint density at radius 1 is 0.381 bits per heavy atom. The molecule has 2 nitrogen and oxygen atoms in total. The first-order valence-corrected chi connectivity index (χ1v) is 19.3. The van der Waals surface area contributed by atoms with Gasteiger partial charge in [0.15, 0.2) is 0 Å². The van der Waals surface area contributed by atoms with Crippen LogP contribution in [0.2, 0.25) is 0 Å². The lowest BCUT2D eigenvalue weighted by Gasteiger charge is -2.16. The zero-order valence-electron chi connectivity index (χ0n) is 29.3. The van der Waals surface area contributed by atoms with Crippen LogP contribution in [-0.2, 0) is 9.47 Å². The number of rotatable bonds is 36. The van der Waals surface area contributed by atoms with Gasteiger partial charge in [-0.05, 0) is 70.6 Å². The monoisotopic (exact) mass is 591 g/mol. The Hall–Kier alpha value is -0.600. The van der Waals surface area contributed by atoms with Crippen LogP contribution < -0.4 is 0 Å². The summed E-state index contributed by atoms with van der Waals surface area (Å²) in [5.41, 5.74) is 0. The van der Waals surface area contributed by atoms with Gasteiger partial charge < -0.3 is 9.47 Å². The molecular weight excluding hydrogens is 512 g/mol. The largest absolute Gasteiger partial charge is 0.379 e. The van der Waals surface area contributed by atoms with Crippen molar-refractivity contribution in [1.29, 1.82) is 0 Å². The molecule has 250 valence electrons. The molecule has 0 aliphatic rings. The third kappa shape index (κ3) is 35.6. The van der Waals surface area contributed by atoms with E-state index in [2.05, 4.69) is 45.1 Å². The molecule has 0 N–H and O–H groups in total. The summed E-state index contributed by atoms with van der Waals surface area (Å²) in [7, 11) is 0. The van der Waals surface area contributed by atoms with Gasteiger partial charge in [0.05, 0.1) is 12.7 Å². The van der Waals surface area contributed by atoms with Crippen LogP contribution in [0, 0.1) is 0 Å². The lowest BCUT2D eigenvalue weighted by molar-refractivity contribution is -0.0200. The minimum atomic E-state index is 0.280. The van der Waals surface area contributed by atoms with Crippen LogP contribution in [0.5, 0.6) is 0 Å². The molecule has 0 fully saturated rings. The zero-order valence-corrected chi connectivity index (χ0v) is 29.3. The summed E-state index contributed by atoms with van der Waals surface area (Å²) >= 11 is 0. The first-order valence-electron chi connectivity index (χ1n) is 19.3. The van der Waals surface area contributed by atoms with E-state index in [0.717, 1.165) is 26.2 Å². The van der Waals surface area contributed by atoms with Crippen molar-refractivity contribution in [2.45, 2.75) is 213 Å². The Kier molecular flexibility index (Phi) is 37.9. The zero-order chi connectivity index (χ0) is 30.4. The number of allylic oxidation sites excluding steroid dienone is 4. The molecule has 0 saturated carbocycles. The maximum absolute atomic E-state index is 6.10. The maximum Gasteiger partial charge on any atom is 0.0805 e. The lowest BCUT2D eigenvalue weighted by Crippen LogP contribution is -2.20. The Bertz CT molecular complexity index is 526. The van der Waals surface area contributed by atoms with Crippen molar-refractivity contribution in [3.63, 3.8) is 0 Å². The first-order chi connectivity index (χ1) is 20.8. The molecule has 0 aliphatic heterocycles. The van der Waals surface area contributed by atoms with E-state index in [-0.39, 0.29) is 6.10 Å². The van der Waals surface area contributed by atoms with Crippen molar-refractivity contribution < 1.29 is 9.47 Å².